The van der Waals surface area contributed by atoms with Gasteiger partial charge >= 0.3 is 10.4 Å². The molecule has 272 valence electrons. The molecule has 0 aliphatic carbocycles. The van der Waals surface area contributed by atoms with Crippen LogP contribution in [0.4, 0.5) is 0 Å². The second-order valence-corrected chi connectivity index (χ2v) is 12.5. The summed E-state index contributed by atoms with van der Waals surface area (Å²) in [6, 6.07) is 7.58. The van der Waals surface area contributed by atoms with Gasteiger partial charge in [0.25, 0.3) is 5.91 Å². The maximum absolute atomic E-state index is 13.2. The molecule has 3 saturated heterocycles. The highest BCUT2D eigenvalue weighted by molar-refractivity contribution is 7.80. The van der Waals surface area contributed by atoms with Crippen LogP contribution >= 0.6 is 0 Å². The van der Waals surface area contributed by atoms with E-state index in [-0.39, 0.29) is 5.56 Å². The van der Waals surface area contributed by atoms with E-state index in [9.17, 15) is 58.3 Å². The molecule has 0 spiro atoms. The van der Waals surface area contributed by atoms with Gasteiger partial charge in [0, 0.05) is 18.9 Å². The SMILES string of the molecule is CC(=O)N[C@]1(O)[C@H](NC(=O)c2ccccc2)O[C@H](CO)[C@@H](O[C@H]2C[C@@H](OS(=O)(=O)O)[C@@H](O)[C@@H](CO)O2)[C@@H]1O[C@@H]1O[C@@H](C)[C@@H](O)[C@@H](O)[C@@H]1O. The van der Waals surface area contributed by atoms with Crippen molar-refractivity contribution in [2.24, 2.45) is 0 Å². The Balaban J connectivity index is 1.75. The number of carbonyl (C=O) groups is 2. The maximum atomic E-state index is 13.2. The summed E-state index contributed by atoms with van der Waals surface area (Å²) in [7, 11) is -5.14. The molecule has 14 atom stereocenters. The minimum atomic E-state index is -5.14. The zero-order valence-corrected chi connectivity index (χ0v) is 26.4. The Morgan fingerprint density at radius 3 is 2.17 bits per heavy atom. The fourth-order valence-corrected chi connectivity index (χ4v) is 6.13. The normalized spacial score (nSPS) is 40.6. The van der Waals surface area contributed by atoms with Crippen LogP contribution in [0, 0.1) is 0 Å². The molecule has 21 heteroatoms. The van der Waals surface area contributed by atoms with Gasteiger partial charge in [-0.15, -0.1) is 0 Å². The number of hydrogen-bond acceptors (Lipinski definition) is 17. The molecule has 3 aliphatic rings. The highest BCUT2D eigenvalue weighted by Gasteiger charge is 2.61. The number of amides is 2. The summed E-state index contributed by atoms with van der Waals surface area (Å²) in [6.07, 6.45) is -23.2. The van der Waals surface area contributed by atoms with E-state index in [1.165, 1.54) is 19.1 Å². The smallest absolute Gasteiger partial charge is 0.394 e. The summed E-state index contributed by atoms with van der Waals surface area (Å²) in [5.41, 5.74) is -2.76. The van der Waals surface area contributed by atoms with Gasteiger partial charge in [-0.3, -0.25) is 14.1 Å². The molecule has 1 aromatic rings. The molecular formula is C27H40N2O18S. The van der Waals surface area contributed by atoms with Gasteiger partial charge in [-0.25, -0.2) is 4.18 Å². The molecule has 20 nitrogen and oxygen atoms in total. The summed E-state index contributed by atoms with van der Waals surface area (Å²) in [4.78, 5) is 25.7. The summed E-state index contributed by atoms with van der Waals surface area (Å²) in [5.74, 6) is -1.73. The molecule has 1 aromatic carbocycles. The third-order valence-electron chi connectivity index (χ3n) is 8.00. The van der Waals surface area contributed by atoms with Gasteiger partial charge in [-0.05, 0) is 19.1 Å². The average molecular weight is 713 g/mol. The maximum Gasteiger partial charge on any atom is 0.397 e. The van der Waals surface area contributed by atoms with E-state index in [0.29, 0.717) is 0 Å². The zero-order valence-electron chi connectivity index (χ0n) is 25.6. The van der Waals surface area contributed by atoms with E-state index >= 15 is 0 Å². The predicted molar refractivity (Wildman–Crippen MR) is 153 cm³/mol. The number of hydrogen-bond donors (Lipinski definition) is 10. The van der Waals surface area contributed by atoms with Gasteiger partial charge in [-0.2, -0.15) is 8.42 Å². The third kappa shape index (κ3) is 8.64. The molecule has 0 aromatic heterocycles. The van der Waals surface area contributed by atoms with Gasteiger partial charge in [0.1, 0.15) is 54.9 Å². The largest absolute Gasteiger partial charge is 0.397 e. The number of benzene rings is 1. The molecule has 0 radical (unpaired) electrons. The first-order valence-corrected chi connectivity index (χ1v) is 16.1. The van der Waals surface area contributed by atoms with Gasteiger partial charge in [0.2, 0.25) is 11.6 Å². The molecule has 0 saturated carbocycles. The van der Waals surface area contributed by atoms with E-state index in [1.807, 2.05) is 0 Å². The van der Waals surface area contributed by atoms with Crippen LogP contribution in [0.25, 0.3) is 0 Å². The molecule has 48 heavy (non-hydrogen) atoms. The van der Waals surface area contributed by atoms with Crippen molar-refractivity contribution in [3.63, 3.8) is 0 Å². The monoisotopic (exact) mass is 712 g/mol. The van der Waals surface area contributed by atoms with Crippen LogP contribution < -0.4 is 10.6 Å². The number of aliphatic hydroxyl groups is 7. The average Bonchev–Trinajstić information content (AvgIpc) is 3.02. The van der Waals surface area contributed by atoms with E-state index < -0.39 is 127 Å². The van der Waals surface area contributed by atoms with E-state index in [0.717, 1.165) is 6.92 Å². The van der Waals surface area contributed by atoms with Crippen LogP contribution in [0.5, 0.6) is 0 Å². The van der Waals surface area contributed by atoms with Crippen LogP contribution in [-0.4, -0.2) is 159 Å². The second kappa shape index (κ2) is 15.6. The lowest BCUT2D eigenvalue weighted by molar-refractivity contribution is -0.380. The molecule has 4 rings (SSSR count). The highest BCUT2D eigenvalue weighted by Crippen LogP contribution is 2.37. The molecule has 2 amide bonds. The summed E-state index contributed by atoms with van der Waals surface area (Å²) in [6.45, 7) is 0.482. The number of rotatable bonds is 11. The first-order chi connectivity index (χ1) is 22.5. The predicted octanol–water partition coefficient (Wildman–Crippen LogP) is -4.79. The van der Waals surface area contributed by atoms with Gasteiger partial charge in [-0.1, -0.05) is 18.2 Å². The molecular weight excluding hydrogens is 672 g/mol. The lowest BCUT2D eigenvalue weighted by Gasteiger charge is -2.53. The van der Waals surface area contributed by atoms with Crippen molar-refractivity contribution in [3.05, 3.63) is 35.9 Å². The zero-order chi connectivity index (χ0) is 35.6. The van der Waals surface area contributed by atoms with Crippen molar-refractivity contribution < 1.29 is 86.2 Å². The molecule has 3 aliphatic heterocycles. The molecule has 0 bridgehead atoms. The quantitative estimate of drug-likeness (QED) is 0.0760. The minimum Gasteiger partial charge on any atom is -0.394 e. The van der Waals surface area contributed by atoms with Crippen LogP contribution in [0.1, 0.15) is 30.6 Å². The molecule has 0 unspecified atom stereocenters. The van der Waals surface area contributed by atoms with Gasteiger partial charge in [0.15, 0.2) is 18.8 Å². The first kappa shape index (κ1) is 38.4. The number of ether oxygens (including phenoxy) is 5. The standard InChI is InChI=1S/C27H40N2O18S/c1-11-18(33)20(35)21(36)25(42-11)46-23-22(45-17-8-14(47-48(39,40)41)19(34)15(9-30)43-17)16(10-31)44-26(27(23,38)29-12(2)32)28-24(37)13-6-4-3-5-7-13/h3-7,11,14-23,25-26,30-31,33-36,38H,8-10H2,1-2H3,(H,28,37)(H,29,32)(H,39,40,41)/t11-,14+,15+,16+,17-,18+,19+,20+,21-,22+,23-,25-,26+,27+/m0/s1. The van der Waals surface area contributed by atoms with Crippen molar-refractivity contribution in [1.29, 1.82) is 0 Å². The lowest BCUT2D eigenvalue weighted by Crippen LogP contribution is -2.78. The first-order valence-electron chi connectivity index (χ1n) is 14.7. The van der Waals surface area contributed by atoms with Crippen molar-refractivity contribution in [2.75, 3.05) is 13.2 Å². The van der Waals surface area contributed by atoms with E-state index in [1.54, 1.807) is 18.2 Å². The Morgan fingerprint density at radius 1 is 0.938 bits per heavy atom. The molecule has 10 N–H and O–H groups in total. The van der Waals surface area contributed by atoms with Crippen molar-refractivity contribution in [3.8, 4) is 0 Å². The molecule has 3 heterocycles. The topological polar surface area (TPSA) is 310 Å². The summed E-state index contributed by atoms with van der Waals surface area (Å²) < 4.78 is 65.4. The Kier molecular flexibility index (Phi) is 12.5. The molecule has 3 fully saturated rings. The fraction of sp³-hybridized carbons (Fsp3) is 0.704. The second-order valence-electron chi connectivity index (χ2n) is 11.5. The Bertz CT molecular complexity index is 1360. The van der Waals surface area contributed by atoms with Crippen LogP contribution in [0.15, 0.2) is 30.3 Å². The fourth-order valence-electron chi connectivity index (χ4n) is 5.63. The van der Waals surface area contributed by atoms with Crippen LogP contribution in [0.3, 0.4) is 0 Å². The Hall–Kier alpha value is -2.45. The van der Waals surface area contributed by atoms with Crippen LogP contribution in [-0.2, 0) is 43.1 Å². The summed E-state index contributed by atoms with van der Waals surface area (Å²) in [5, 5.41) is 78.7. The Labute approximate surface area is 274 Å². The van der Waals surface area contributed by atoms with Gasteiger partial charge < -0.3 is 70.1 Å². The summed E-state index contributed by atoms with van der Waals surface area (Å²) >= 11 is 0. The van der Waals surface area contributed by atoms with Crippen LogP contribution in [0.2, 0.25) is 0 Å². The van der Waals surface area contributed by atoms with Crippen molar-refractivity contribution >= 4 is 22.2 Å². The van der Waals surface area contributed by atoms with Gasteiger partial charge in [0.05, 0.1) is 19.3 Å². The van der Waals surface area contributed by atoms with Crippen molar-refractivity contribution in [2.45, 2.75) is 106 Å². The third-order valence-corrected chi connectivity index (χ3v) is 8.49. The van der Waals surface area contributed by atoms with Crippen molar-refractivity contribution in [1.82, 2.24) is 10.6 Å². The van der Waals surface area contributed by atoms with E-state index in [4.69, 9.17) is 23.7 Å². The minimum absolute atomic E-state index is 0.0914. The number of nitrogens with one attached hydrogen (secondary N) is 2. The Morgan fingerprint density at radius 2 is 1.58 bits per heavy atom. The number of carbonyl (C=O) groups excluding carboxylic acids is 2. The van der Waals surface area contributed by atoms with E-state index in [2.05, 4.69) is 14.8 Å². The highest BCUT2D eigenvalue weighted by atomic mass is 32.3. The number of aliphatic hydroxyl groups excluding tert-OH is 6. The lowest BCUT2D eigenvalue weighted by atomic mass is 9.90.